The Morgan fingerprint density at radius 2 is 1.61 bits per heavy atom. The van der Waals surface area contributed by atoms with Gasteiger partial charge in [0.15, 0.2) is 0 Å². The first-order valence-corrected chi connectivity index (χ1v) is 8.03. The molecule has 0 saturated heterocycles. The van der Waals surface area contributed by atoms with Crippen LogP contribution >= 0.6 is 0 Å². The number of esters is 3. The molecule has 1 fully saturated rings. The van der Waals surface area contributed by atoms with E-state index in [9.17, 15) is 14.4 Å². The summed E-state index contributed by atoms with van der Waals surface area (Å²) in [7, 11) is 0. The van der Waals surface area contributed by atoms with Crippen molar-refractivity contribution in [2.24, 2.45) is 0 Å². The lowest BCUT2D eigenvalue weighted by atomic mass is 9.98. The van der Waals surface area contributed by atoms with Crippen molar-refractivity contribution in [3.63, 3.8) is 0 Å². The van der Waals surface area contributed by atoms with Gasteiger partial charge in [0, 0.05) is 12.2 Å². The summed E-state index contributed by atoms with van der Waals surface area (Å²) in [6.45, 7) is 5.20. The van der Waals surface area contributed by atoms with Crippen molar-refractivity contribution in [3.05, 3.63) is 12.2 Å². The molecule has 0 spiro atoms. The van der Waals surface area contributed by atoms with Gasteiger partial charge < -0.3 is 14.2 Å². The van der Waals surface area contributed by atoms with Crippen LogP contribution in [0.1, 0.15) is 59.3 Å². The van der Waals surface area contributed by atoms with Crippen molar-refractivity contribution < 1.29 is 28.6 Å². The summed E-state index contributed by atoms with van der Waals surface area (Å²) in [5.41, 5.74) is -0.566. The molecule has 0 bridgehead atoms. The summed E-state index contributed by atoms with van der Waals surface area (Å²) >= 11 is 0. The molecule has 0 aromatic rings. The summed E-state index contributed by atoms with van der Waals surface area (Å²) in [5, 5.41) is 0. The number of rotatable bonds is 6. The first-order valence-electron chi connectivity index (χ1n) is 8.03. The first kappa shape index (κ1) is 19.2. The highest BCUT2D eigenvalue weighted by atomic mass is 16.6. The zero-order chi connectivity index (χ0) is 17.3. The third-order valence-electron chi connectivity index (χ3n) is 3.16. The molecule has 1 saturated carbocycles. The van der Waals surface area contributed by atoms with Gasteiger partial charge in [-0.15, -0.1) is 0 Å². The van der Waals surface area contributed by atoms with Gasteiger partial charge in [0.1, 0.15) is 18.3 Å². The van der Waals surface area contributed by atoms with Gasteiger partial charge in [-0.2, -0.15) is 0 Å². The molecule has 1 aliphatic carbocycles. The third kappa shape index (κ3) is 9.71. The van der Waals surface area contributed by atoms with Gasteiger partial charge in [0.25, 0.3) is 0 Å². The normalized spacial score (nSPS) is 16.1. The predicted octanol–water partition coefficient (Wildman–Crippen LogP) is 2.69. The molecule has 0 aromatic heterocycles. The van der Waals surface area contributed by atoms with Crippen LogP contribution in [-0.4, -0.2) is 36.2 Å². The second kappa shape index (κ2) is 9.33. The predicted molar refractivity (Wildman–Crippen MR) is 83.5 cm³/mol. The summed E-state index contributed by atoms with van der Waals surface area (Å²) in [4.78, 5) is 34.4. The topological polar surface area (TPSA) is 78.9 Å². The molecular formula is C17H26O6. The van der Waals surface area contributed by atoms with Crippen LogP contribution < -0.4 is 0 Å². The Morgan fingerprint density at radius 1 is 1.00 bits per heavy atom. The van der Waals surface area contributed by atoms with Gasteiger partial charge >= 0.3 is 17.9 Å². The van der Waals surface area contributed by atoms with E-state index >= 15 is 0 Å². The highest BCUT2D eigenvalue weighted by Gasteiger charge is 2.17. The van der Waals surface area contributed by atoms with E-state index in [2.05, 4.69) is 0 Å². The highest BCUT2D eigenvalue weighted by Crippen LogP contribution is 2.20. The van der Waals surface area contributed by atoms with E-state index in [0.717, 1.165) is 37.8 Å². The molecule has 0 unspecified atom stereocenters. The highest BCUT2D eigenvalue weighted by molar-refractivity contribution is 5.91. The zero-order valence-corrected chi connectivity index (χ0v) is 14.1. The molecule has 0 N–H and O–H groups in total. The van der Waals surface area contributed by atoms with Crippen LogP contribution in [0.3, 0.4) is 0 Å². The quantitative estimate of drug-likeness (QED) is 0.424. The third-order valence-corrected chi connectivity index (χ3v) is 3.16. The summed E-state index contributed by atoms with van der Waals surface area (Å²) < 4.78 is 15.1. The van der Waals surface area contributed by atoms with Gasteiger partial charge in [-0.3, -0.25) is 4.79 Å². The zero-order valence-electron chi connectivity index (χ0n) is 14.1. The molecule has 1 rings (SSSR count). The van der Waals surface area contributed by atoms with Crippen LogP contribution in [0.25, 0.3) is 0 Å². The Balaban J connectivity index is 2.19. The van der Waals surface area contributed by atoms with E-state index in [-0.39, 0.29) is 19.1 Å². The maximum atomic E-state index is 11.6. The molecule has 0 aromatic carbocycles. The summed E-state index contributed by atoms with van der Waals surface area (Å²) in [5.74, 6) is -1.67. The molecule has 0 atom stereocenters. The van der Waals surface area contributed by atoms with Crippen molar-refractivity contribution >= 4 is 17.9 Å². The fraction of sp³-hybridized carbons (Fsp3) is 0.706. The lowest BCUT2D eigenvalue weighted by molar-refractivity contribution is -0.157. The monoisotopic (exact) mass is 326 g/mol. The SMILES string of the molecule is CC(C)(C)OC(=O)CCOC(=O)/C=C/C(=O)OC1CCCCC1. The Bertz CT molecular complexity index is 440. The molecule has 0 aliphatic heterocycles. The van der Waals surface area contributed by atoms with E-state index in [1.165, 1.54) is 6.42 Å². The standard InChI is InChI=1S/C17H26O6/c1-17(2,3)23-16(20)11-12-21-14(18)9-10-15(19)22-13-7-5-4-6-8-13/h9-10,13H,4-8,11-12H2,1-3H3/b10-9+. The molecule has 0 radical (unpaired) electrons. The second-order valence-electron chi connectivity index (χ2n) is 6.53. The van der Waals surface area contributed by atoms with Crippen LogP contribution in [0.2, 0.25) is 0 Å². The van der Waals surface area contributed by atoms with E-state index in [1.54, 1.807) is 20.8 Å². The molecule has 6 nitrogen and oxygen atoms in total. The van der Waals surface area contributed by atoms with Crippen LogP contribution in [0.15, 0.2) is 12.2 Å². The molecule has 0 amide bonds. The average Bonchev–Trinajstić information content (AvgIpc) is 2.44. The molecule has 1 aliphatic rings. The molecule has 130 valence electrons. The molecule has 6 heteroatoms. The van der Waals surface area contributed by atoms with Crippen molar-refractivity contribution in [3.8, 4) is 0 Å². The van der Waals surface area contributed by atoms with Crippen molar-refractivity contribution in [1.82, 2.24) is 0 Å². The number of ether oxygens (including phenoxy) is 3. The molecular weight excluding hydrogens is 300 g/mol. The molecule has 0 heterocycles. The lowest BCUT2D eigenvalue weighted by Crippen LogP contribution is -2.24. The van der Waals surface area contributed by atoms with E-state index in [0.29, 0.717) is 0 Å². The number of hydrogen-bond acceptors (Lipinski definition) is 6. The lowest BCUT2D eigenvalue weighted by Gasteiger charge is -2.20. The fourth-order valence-corrected chi connectivity index (χ4v) is 2.20. The van der Waals surface area contributed by atoms with E-state index < -0.39 is 23.5 Å². The van der Waals surface area contributed by atoms with E-state index in [4.69, 9.17) is 14.2 Å². The van der Waals surface area contributed by atoms with Crippen molar-refractivity contribution in [2.45, 2.75) is 71.0 Å². The van der Waals surface area contributed by atoms with E-state index in [1.807, 2.05) is 0 Å². The number of carbonyl (C=O) groups excluding carboxylic acids is 3. The maximum absolute atomic E-state index is 11.6. The van der Waals surface area contributed by atoms with Crippen LogP contribution in [0.5, 0.6) is 0 Å². The van der Waals surface area contributed by atoms with Gasteiger partial charge in [-0.05, 0) is 46.5 Å². The van der Waals surface area contributed by atoms with Crippen molar-refractivity contribution in [1.29, 1.82) is 0 Å². The molecule has 23 heavy (non-hydrogen) atoms. The Kier molecular flexibility index (Phi) is 7.78. The van der Waals surface area contributed by atoms with Gasteiger partial charge in [-0.1, -0.05) is 6.42 Å². The van der Waals surface area contributed by atoms with Crippen LogP contribution in [0, 0.1) is 0 Å². The minimum absolute atomic E-state index is 0.0244. The average molecular weight is 326 g/mol. The first-order chi connectivity index (χ1) is 10.8. The number of hydrogen-bond donors (Lipinski definition) is 0. The largest absolute Gasteiger partial charge is 0.462 e. The van der Waals surface area contributed by atoms with Gasteiger partial charge in [0.2, 0.25) is 0 Å². The second-order valence-corrected chi connectivity index (χ2v) is 6.53. The van der Waals surface area contributed by atoms with Crippen molar-refractivity contribution in [2.75, 3.05) is 6.61 Å². The number of carbonyl (C=O) groups is 3. The summed E-state index contributed by atoms with van der Waals surface area (Å²) in [6.07, 6.45) is 7.05. The van der Waals surface area contributed by atoms with Gasteiger partial charge in [0.05, 0.1) is 6.42 Å². The van der Waals surface area contributed by atoms with Crippen LogP contribution in [-0.2, 0) is 28.6 Å². The fourth-order valence-electron chi connectivity index (χ4n) is 2.20. The minimum Gasteiger partial charge on any atom is -0.462 e. The summed E-state index contributed by atoms with van der Waals surface area (Å²) in [6, 6.07) is 0. The maximum Gasteiger partial charge on any atom is 0.331 e. The Hall–Kier alpha value is -1.85. The Morgan fingerprint density at radius 3 is 2.22 bits per heavy atom. The Labute approximate surface area is 137 Å². The smallest absolute Gasteiger partial charge is 0.331 e. The van der Waals surface area contributed by atoms with Gasteiger partial charge in [-0.25, -0.2) is 9.59 Å². The minimum atomic E-state index is -0.686. The van der Waals surface area contributed by atoms with Crippen LogP contribution in [0.4, 0.5) is 0 Å².